The van der Waals surface area contributed by atoms with Crippen LogP contribution < -0.4 is 4.74 Å². The molecular weight excluding hydrogens is 330 g/mol. The van der Waals surface area contributed by atoms with Crippen LogP contribution in [0, 0.1) is 6.92 Å². The number of aryl methyl sites for hydroxylation is 1. The normalized spacial score (nSPS) is 10.8. The van der Waals surface area contributed by atoms with Gasteiger partial charge in [0.25, 0.3) is 5.91 Å². The van der Waals surface area contributed by atoms with Gasteiger partial charge in [-0.05, 0) is 32.0 Å². The van der Waals surface area contributed by atoms with Crippen molar-refractivity contribution in [1.29, 1.82) is 0 Å². The van der Waals surface area contributed by atoms with Crippen molar-refractivity contribution in [2.45, 2.75) is 26.9 Å². The van der Waals surface area contributed by atoms with Gasteiger partial charge in [-0.25, -0.2) is 0 Å². The second kappa shape index (κ2) is 7.43. The van der Waals surface area contributed by atoms with E-state index in [0.29, 0.717) is 17.9 Å². The van der Waals surface area contributed by atoms with Gasteiger partial charge < -0.3 is 9.64 Å². The Morgan fingerprint density at radius 1 is 1.35 bits per heavy atom. The summed E-state index contributed by atoms with van der Waals surface area (Å²) in [6.45, 7) is 5.37. The zero-order valence-corrected chi connectivity index (χ0v) is 15.5. The molecule has 0 saturated carbocycles. The fraction of sp³-hybridized carbons (Fsp3) is 0.316. The van der Waals surface area contributed by atoms with E-state index >= 15 is 0 Å². The quantitative estimate of drug-likeness (QED) is 0.739. The van der Waals surface area contributed by atoms with Gasteiger partial charge in [-0.1, -0.05) is 12.1 Å². The summed E-state index contributed by atoms with van der Waals surface area (Å²) in [6.07, 6.45) is 1.82. The molecule has 3 rings (SSSR count). The summed E-state index contributed by atoms with van der Waals surface area (Å²) >= 11 is 0. The zero-order chi connectivity index (χ0) is 18.7. The summed E-state index contributed by atoms with van der Waals surface area (Å²) in [5, 5.41) is 11.4. The van der Waals surface area contributed by atoms with Crippen LogP contribution in [0.25, 0.3) is 11.3 Å². The Morgan fingerprint density at radius 3 is 2.85 bits per heavy atom. The lowest BCUT2D eigenvalue weighted by atomic mass is 10.1. The third kappa shape index (κ3) is 3.46. The van der Waals surface area contributed by atoms with Crippen LogP contribution in [0.1, 0.15) is 28.7 Å². The monoisotopic (exact) mass is 353 g/mol. The molecule has 0 radical (unpaired) electrons. The number of nitrogens with one attached hydrogen (secondary N) is 1. The second-order valence-electron chi connectivity index (χ2n) is 6.13. The van der Waals surface area contributed by atoms with E-state index in [-0.39, 0.29) is 5.91 Å². The summed E-state index contributed by atoms with van der Waals surface area (Å²) in [5.74, 6) is 0.634. The predicted octanol–water partition coefficient (Wildman–Crippen LogP) is 2.88. The summed E-state index contributed by atoms with van der Waals surface area (Å²) in [4.78, 5) is 14.4. The molecule has 0 aliphatic rings. The second-order valence-corrected chi connectivity index (χ2v) is 6.13. The van der Waals surface area contributed by atoms with E-state index in [4.69, 9.17) is 4.74 Å². The first-order valence-electron chi connectivity index (χ1n) is 8.50. The molecule has 1 N–H and O–H groups in total. The molecule has 2 aromatic heterocycles. The predicted molar refractivity (Wildman–Crippen MR) is 99.0 cm³/mol. The largest absolute Gasteiger partial charge is 0.497 e. The number of aromatic nitrogens is 4. The third-order valence-electron chi connectivity index (χ3n) is 4.43. The number of aromatic amines is 1. The van der Waals surface area contributed by atoms with Crippen molar-refractivity contribution < 1.29 is 9.53 Å². The van der Waals surface area contributed by atoms with Gasteiger partial charge in [-0.3, -0.25) is 14.6 Å². The number of H-pyrrole nitrogens is 1. The van der Waals surface area contributed by atoms with Crippen molar-refractivity contribution in [3.8, 4) is 17.0 Å². The number of ether oxygens (including phenoxy) is 1. The number of carbonyl (C=O) groups is 1. The van der Waals surface area contributed by atoms with Gasteiger partial charge in [0, 0.05) is 37.0 Å². The minimum absolute atomic E-state index is 0.115. The van der Waals surface area contributed by atoms with Crippen molar-refractivity contribution in [2.24, 2.45) is 0 Å². The van der Waals surface area contributed by atoms with Crippen LogP contribution in [0.3, 0.4) is 0 Å². The average Bonchev–Trinajstić information content (AvgIpc) is 3.29. The van der Waals surface area contributed by atoms with Crippen LogP contribution in [-0.2, 0) is 13.1 Å². The molecule has 26 heavy (non-hydrogen) atoms. The highest BCUT2D eigenvalue weighted by atomic mass is 16.5. The van der Waals surface area contributed by atoms with Crippen LogP contribution in [-0.4, -0.2) is 44.9 Å². The van der Waals surface area contributed by atoms with Crippen LogP contribution in [0.2, 0.25) is 0 Å². The van der Waals surface area contributed by atoms with Crippen LogP contribution >= 0.6 is 0 Å². The highest BCUT2D eigenvalue weighted by Crippen LogP contribution is 2.23. The standard InChI is InChI=1S/C19H23N5O2/c1-5-24-13(2)15(11-20-24)12-23(3)19(25)18-10-17(21-22-18)14-7-6-8-16(9-14)26-4/h6-11H,5,12H2,1-4H3,(H,21,22). The number of carbonyl (C=O) groups excluding carboxylic acids is 1. The fourth-order valence-electron chi connectivity index (χ4n) is 2.85. The van der Waals surface area contributed by atoms with Crippen molar-refractivity contribution in [1.82, 2.24) is 24.9 Å². The minimum Gasteiger partial charge on any atom is -0.497 e. The van der Waals surface area contributed by atoms with Crippen molar-refractivity contribution in [3.63, 3.8) is 0 Å². The molecule has 2 heterocycles. The van der Waals surface area contributed by atoms with E-state index in [1.54, 1.807) is 25.1 Å². The molecular formula is C19H23N5O2. The number of benzene rings is 1. The average molecular weight is 353 g/mol. The van der Waals surface area contributed by atoms with E-state index in [2.05, 4.69) is 15.3 Å². The van der Waals surface area contributed by atoms with E-state index < -0.39 is 0 Å². The Morgan fingerprint density at radius 2 is 2.15 bits per heavy atom. The first kappa shape index (κ1) is 17.7. The number of hydrogen-bond donors (Lipinski definition) is 1. The Labute approximate surface area is 152 Å². The molecule has 0 aliphatic carbocycles. The maximum Gasteiger partial charge on any atom is 0.271 e. The first-order chi connectivity index (χ1) is 12.5. The summed E-state index contributed by atoms with van der Waals surface area (Å²) in [7, 11) is 3.40. The highest BCUT2D eigenvalue weighted by Gasteiger charge is 2.17. The van der Waals surface area contributed by atoms with E-state index in [0.717, 1.165) is 29.1 Å². The Kier molecular flexibility index (Phi) is 5.06. The molecule has 0 bridgehead atoms. The topological polar surface area (TPSA) is 76.0 Å². The van der Waals surface area contributed by atoms with Gasteiger partial charge in [0.15, 0.2) is 0 Å². The molecule has 136 valence electrons. The lowest BCUT2D eigenvalue weighted by Crippen LogP contribution is -2.26. The van der Waals surface area contributed by atoms with E-state index in [1.807, 2.05) is 49.0 Å². The van der Waals surface area contributed by atoms with Crippen molar-refractivity contribution in [2.75, 3.05) is 14.2 Å². The van der Waals surface area contributed by atoms with Crippen LogP contribution in [0.15, 0.2) is 36.5 Å². The highest BCUT2D eigenvalue weighted by molar-refractivity contribution is 5.93. The molecule has 0 saturated heterocycles. The Bertz CT molecular complexity index is 912. The number of nitrogens with zero attached hydrogens (tertiary/aromatic N) is 4. The van der Waals surface area contributed by atoms with Gasteiger partial charge in [0.1, 0.15) is 11.4 Å². The van der Waals surface area contributed by atoms with Crippen molar-refractivity contribution >= 4 is 5.91 Å². The number of methoxy groups -OCH3 is 1. The molecule has 0 atom stereocenters. The molecule has 0 spiro atoms. The minimum atomic E-state index is -0.115. The lowest BCUT2D eigenvalue weighted by molar-refractivity contribution is 0.0779. The van der Waals surface area contributed by atoms with Gasteiger partial charge >= 0.3 is 0 Å². The van der Waals surface area contributed by atoms with Crippen LogP contribution in [0.5, 0.6) is 5.75 Å². The number of rotatable bonds is 6. The first-order valence-corrected chi connectivity index (χ1v) is 8.50. The maximum absolute atomic E-state index is 12.7. The smallest absolute Gasteiger partial charge is 0.271 e. The number of amides is 1. The Hall–Kier alpha value is -3.09. The summed E-state index contributed by atoms with van der Waals surface area (Å²) < 4.78 is 7.16. The molecule has 7 nitrogen and oxygen atoms in total. The third-order valence-corrected chi connectivity index (χ3v) is 4.43. The number of hydrogen-bond acceptors (Lipinski definition) is 4. The van der Waals surface area contributed by atoms with Gasteiger partial charge in [0.2, 0.25) is 0 Å². The molecule has 7 heteroatoms. The summed E-state index contributed by atoms with van der Waals surface area (Å²) in [5.41, 5.74) is 4.16. The van der Waals surface area contributed by atoms with Crippen molar-refractivity contribution in [3.05, 3.63) is 53.5 Å². The molecule has 0 unspecified atom stereocenters. The van der Waals surface area contributed by atoms with Crippen LogP contribution in [0.4, 0.5) is 0 Å². The maximum atomic E-state index is 12.7. The molecule has 0 aliphatic heterocycles. The van der Waals surface area contributed by atoms with Gasteiger partial charge in [0.05, 0.1) is 19.0 Å². The lowest BCUT2D eigenvalue weighted by Gasteiger charge is -2.15. The van der Waals surface area contributed by atoms with E-state index in [1.165, 1.54) is 0 Å². The molecule has 1 aromatic carbocycles. The Balaban J connectivity index is 1.75. The SMILES string of the molecule is CCn1ncc(CN(C)C(=O)c2cc(-c3cccc(OC)c3)n[nH]2)c1C. The zero-order valence-electron chi connectivity index (χ0n) is 15.5. The molecule has 1 amide bonds. The molecule has 3 aromatic rings. The fourth-order valence-corrected chi connectivity index (χ4v) is 2.85. The van der Waals surface area contributed by atoms with Gasteiger partial charge in [-0.15, -0.1) is 0 Å². The van der Waals surface area contributed by atoms with Gasteiger partial charge in [-0.2, -0.15) is 10.2 Å². The summed E-state index contributed by atoms with van der Waals surface area (Å²) in [6, 6.07) is 9.34. The van der Waals surface area contributed by atoms with E-state index in [9.17, 15) is 4.79 Å². The molecule has 0 fully saturated rings.